The van der Waals surface area contributed by atoms with E-state index in [1.807, 2.05) is 0 Å². The third-order valence-corrected chi connectivity index (χ3v) is 4.89. The third kappa shape index (κ3) is 5.09. The fourth-order valence-electron chi connectivity index (χ4n) is 3.35. The molecule has 1 heterocycles. The summed E-state index contributed by atoms with van der Waals surface area (Å²) in [6.07, 6.45) is 3.90. The molecule has 0 spiro atoms. The minimum absolute atomic E-state index is 0.0687. The number of rotatable bonds is 6. The summed E-state index contributed by atoms with van der Waals surface area (Å²) in [6, 6.07) is 13.8. The van der Waals surface area contributed by atoms with E-state index in [9.17, 15) is 22.8 Å². The molecule has 0 radical (unpaired) electrons. The Morgan fingerprint density at radius 2 is 1.50 bits per heavy atom. The average molecular weight is 462 g/mol. The first kappa shape index (κ1) is 22.7. The van der Waals surface area contributed by atoms with E-state index in [1.165, 1.54) is 61.1 Å². The van der Waals surface area contributed by atoms with Gasteiger partial charge in [-0.05, 0) is 60.2 Å². The number of carbonyl (C=O) groups is 2. The maximum atomic E-state index is 14.1. The van der Waals surface area contributed by atoms with Gasteiger partial charge in [-0.25, -0.2) is 18.2 Å². The summed E-state index contributed by atoms with van der Waals surface area (Å²) < 4.78 is 41.1. The summed E-state index contributed by atoms with van der Waals surface area (Å²) in [7, 11) is 0. The molecule has 1 atom stereocenters. The van der Waals surface area contributed by atoms with Crippen LogP contribution in [0.25, 0.3) is 0 Å². The summed E-state index contributed by atoms with van der Waals surface area (Å²) in [6.45, 7) is 0. The quantitative estimate of drug-likeness (QED) is 0.441. The number of carbonyl (C=O) groups excluding carboxylic acids is 2. The molecule has 1 unspecified atom stereocenters. The Hall–Kier alpha value is -4.53. The van der Waals surface area contributed by atoms with Gasteiger partial charge in [0.1, 0.15) is 29.2 Å². The molecule has 170 valence electrons. The Bertz CT molecular complexity index is 1300. The zero-order valence-electron chi connectivity index (χ0n) is 17.5. The van der Waals surface area contributed by atoms with Gasteiger partial charge in [0.25, 0.3) is 11.8 Å². The fraction of sp³-hybridized carbons (Fsp3) is 0.0400. The standard InChI is InChI=1S/C25H17F3N4O2/c26-17-6-4-16(5-7-17)23(24(33)31-20-10-8-18(27)9-11-20)32(21-3-1-2-19(28)14-21)25(34)22-15-29-12-13-30-22/h1-15,23H,(H,31,33). The lowest BCUT2D eigenvalue weighted by Crippen LogP contribution is -2.42. The molecule has 9 heteroatoms. The molecule has 2 amide bonds. The third-order valence-electron chi connectivity index (χ3n) is 4.89. The molecule has 0 aliphatic rings. The van der Waals surface area contributed by atoms with E-state index in [0.717, 1.165) is 35.2 Å². The first-order valence-electron chi connectivity index (χ1n) is 10.1. The Morgan fingerprint density at radius 3 is 2.12 bits per heavy atom. The normalized spacial score (nSPS) is 11.5. The van der Waals surface area contributed by atoms with Crippen LogP contribution in [-0.4, -0.2) is 21.8 Å². The number of nitrogens with one attached hydrogen (secondary N) is 1. The van der Waals surface area contributed by atoms with Crippen LogP contribution in [0.4, 0.5) is 24.5 Å². The second kappa shape index (κ2) is 9.95. The molecule has 6 nitrogen and oxygen atoms in total. The van der Waals surface area contributed by atoms with Gasteiger partial charge in [-0.2, -0.15) is 0 Å². The summed E-state index contributed by atoms with van der Waals surface area (Å²) in [4.78, 5) is 36.0. The highest BCUT2D eigenvalue weighted by atomic mass is 19.1. The molecule has 34 heavy (non-hydrogen) atoms. The van der Waals surface area contributed by atoms with Crippen LogP contribution in [-0.2, 0) is 4.79 Å². The summed E-state index contributed by atoms with van der Waals surface area (Å²) in [5, 5.41) is 2.63. The molecule has 1 aromatic heterocycles. The van der Waals surface area contributed by atoms with E-state index in [0.29, 0.717) is 0 Å². The van der Waals surface area contributed by atoms with E-state index in [-0.39, 0.29) is 22.6 Å². The maximum Gasteiger partial charge on any atom is 0.279 e. The van der Waals surface area contributed by atoms with Crippen LogP contribution in [0.5, 0.6) is 0 Å². The van der Waals surface area contributed by atoms with Gasteiger partial charge >= 0.3 is 0 Å². The number of hydrogen-bond donors (Lipinski definition) is 1. The topological polar surface area (TPSA) is 75.2 Å². The number of benzene rings is 3. The number of aromatic nitrogens is 2. The predicted octanol–water partition coefficient (Wildman–Crippen LogP) is 4.92. The molecule has 3 aromatic carbocycles. The lowest BCUT2D eigenvalue weighted by molar-refractivity contribution is -0.117. The Kier molecular flexibility index (Phi) is 6.63. The van der Waals surface area contributed by atoms with Crippen molar-refractivity contribution in [1.82, 2.24) is 9.97 Å². The van der Waals surface area contributed by atoms with Crippen molar-refractivity contribution >= 4 is 23.2 Å². The van der Waals surface area contributed by atoms with Crippen molar-refractivity contribution in [1.29, 1.82) is 0 Å². The predicted molar refractivity (Wildman–Crippen MR) is 119 cm³/mol. The molecule has 0 fully saturated rings. The van der Waals surface area contributed by atoms with E-state index >= 15 is 0 Å². The Morgan fingerprint density at radius 1 is 0.824 bits per heavy atom. The second-order valence-corrected chi connectivity index (χ2v) is 7.20. The highest BCUT2D eigenvalue weighted by Crippen LogP contribution is 2.31. The van der Waals surface area contributed by atoms with Crippen LogP contribution in [0.2, 0.25) is 0 Å². The molecular weight excluding hydrogens is 445 g/mol. The SMILES string of the molecule is O=C(Nc1ccc(F)cc1)C(c1ccc(F)cc1)N(C(=O)c1cnccn1)c1cccc(F)c1. The molecule has 1 N–H and O–H groups in total. The van der Waals surface area contributed by atoms with Crippen molar-refractivity contribution in [2.75, 3.05) is 10.2 Å². The van der Waals surface area contributed by atoms with Gasteiger partial charge in [-0.1, -0.05) is 18.2 Å². The van der Waals surface area contributed by atoms with Crippen LogP contribution in [0.1, 0.15) is 22.1 Å². The van der Waals surface area contributed by atoms with Crippen molar-refractivity contribution in [2.24, 2.45) is 0 Å². The van der Waals surface area contributed by atoms with E-state index in [4.69, 9.17) is 0 Å². The smallest absolute Gasteiger partial charge is 0.279 e. The van der Waals surface area contributed by atoms with E-state index < -0.39 is 35.3 Å². The molecule has 0 aliphatic heterocycles. The van der Waals surface area contributed by atoms with Gasteiger partial charge in [0.15, 0.2) is 0 Å². The van der Waals surface area contributed by atoms with Gasteiger partial charge in [0, 0.05) is 23.8 Å². The minimum Gasteiger partial charge on any atom is -0.324 e. The molecule has 0 saturated heterocycles. The van der Waals surface area contributed by atoms with Crippen LogP contribution in [0.15, 0.2) is 91.4 Å². The monoisotopic (exact) mass is 462 g/mol. The maximum absolute atomic E-state index is 14.1. The number of nitrogens with zero attached hydrogens (tertiary/aromatic N) is 3. The van der Waals surface area contributed by atoms with Crippen molar-refractivity contribution < 1.29 is 22.8 Å². The average Bonchev–Trinajstić information content (AvgIpc) is 2.85. The van der Waals surface area contributed by atoms with Crippen molar-refractivity contribution in [3.63, 3.8) is 0 Å². The molecule has 0 aliphatic carbocycles. The summed E-state index contributed by atoms with van der Waals surface area (Å²) in [5.41, 5.74) is 0.500. The van der Waals surface area contributed by atoms with Gasteiger partial charge in [0.2, 0.25) is 0 Å². The van der Waals surface area contributed by atoms with Crippen molar-refractivity contribution in [3.05, 3.63) is 120 Å². The van der Waals surface area contributed by atoms with Crippen LogP contribution in [0.3, 0.4) is 0 Å². The van der Waals surface area contributed by atoms with E-state index in [2.05, 4.69) is 15.3 Å². The molecular formula is C25H17F3N4O2. The first-order valence-corrected chi connectivity index (χ1v) is 10.1. The first-order chi connectivity index (χ1) is 16.4. The molecule has 0 bridgehead atoms. The van der Waals surface area contributed by atoms with E-state index in [1.54, 1.807) is 0 Å². The number of halogens is 3. The van der Waals surface area contributed by atoms with Crippen LogP contribution < -0.4 is 10.2 Å². The van der Waals surface area contributed by atoms with Crippen molar-refractivity contribution in [2.45, 2.75) is 6.04 Å². The zero-order chi connectivity index (χ0) is 24.1. The fourth-order valence-corrected chi connectivity index (χ4v) is 3.35. The highest BCUT2D eigenvalue weighted by molar-refractivity contribution is 6.11. The zero-order valence-corrected chi connectivity index (χ0v) is 17.5. The number of amides is 2. The van der Waals surface area contributed by atoms with Gasteiger partial charge in [-0.3, -0.25) is 19.5 Å². The lowest BCUT2D eigenvalue weighted by atomic mass is 10.0. The van der Waals surface area contributed by atoms with Gasteiger partial charge in [-0.15, -0.1) is 0 Å². The molecule has 0 saturated carbocycles. The second-order valence-electron chi connectivity index (χ2n) is 7.20. The Labute approximate surface area is 192 Å². The minimum atomic E-state index is -1.36. The number of anilines is 2. The summed E-state index contributed by atoms with van der Waals surface area (Å²) >= 11 is 0. The number of hydrogen-bond acceptors (Lipinski definition) is 4. The van der Waals surface area contributed by atoms with Crippen LogP contribution >= 0.6 is 0 Å². The van der Waals surface area contributed by atoms with Gasteiger partial charge in [0.05, 0.1) is 6.20 Å². The summed E-state index contributed by atoms with van der Waals surface area (Å²) in [5.74, 6) is -3.10. The molecule has 4 aromatic rings. The lowest BCUT2D eigenvalue weighted by Gasteiger charge is -2.31. The van der Waals surface area contributed by atoms with Crippen LogP contribution in [0, 0.1) is 17.5 Å². The van der Waals surface area contributed by atoms with Gasteiger partial charge < -0.3 is 5.32 Å². The Balaban J connectivity index is 1.84. The molecule has 4 rings (SSSR count). The highest BCUT2D eigenvalue weighted by Gasteiger charge is 2.34. The largest absolute Gasteiger partial charge is 0.324 e. The van der Waals surface area contributed by atoms with Crippen molar-refractivity contribution in [3.8, 4) is 0 Å².